The number of ether oxygens (including phenoxy) is 3. The Morgan fingerprint density at radius 3 is 2.88 bits per heavy atom. The number of benzene rings is 1. The molecular weight excluding hydrogens is 334 g/mol. The number of aromatic nitrogens is 2. The fraction of sp³-hybridized carbons (Fsp3) is 0.312. The molecule has 1 amide bonds. The number of nitrogens with zero attached hydrogens (tertiary/aromatic N) is 3. The van der Waals surface area contributed by atoms with Crippen LogP contribution in [-0.2, 0) is 0 Å². The second-order valence-corrected chi connectivity index (χ2v) is 5.97. The molecule has 8 heteroatoms. The van der Waals surface area contributed by atoms with Crippen LogP contribution in [-0.4, -0.2) is 46.8 Å². The first-order valence-corrected chi connectivity index (χ1v) is 7.90. The zero-order chi connectivity index (χ0) is 16.5. The van der Waals surface area contributed by atoms with E-state index >= 15 is 0 Å². The van der Waals surface area contributed by atoms with Crippen LogP contribution < -0.4 is 14.2 Å². The molecule has 0 N–H and O–H groups in total. The van der Waals surface area contributed by atoms with Crippen LogP contribution in [0.5, 0.6) is 17.5 Å². The molecule has 2 aliphatic heterocycles. The van der Waals surface area contributed by atoms with Crippen molar-refractivity contribution in [3.8, 4) is 17.5 Å². The third-order valence-electron chi connectivity index (χ3n) is 3.92. The lowest BCUT2D eigenvalue weighted by molar-refractivity contribution is 0.0769. The van der Waals surface area contributed by atoms with Crippen molar-refractivity contribution >= 4 is 17.5 Å². The standard InChI is InChI=1S/C16H14ClN3O4/c17-11-6-18-16(19-7-11)24-12-3-4-20(8-12)15(21)10-1-2-13-14(5-10)23-9-22-13/h1-2,5-7,12H,3-4,8-9H2. The van der Waals surface area contributed by atoms with Crippen LogP contribution in [0.25, 0.3) is 0 Å². The number of carbonyl (C=O) groups is 1. The average Bonchev–Trinajstić information content (AvgIpc) is 3.24. The number of amides is 1. The Hall–Kier alpha value is -2.54. The van der Waals surface area contributed by atoms with Gasteiger partial charge >= 0.3 is 6.01 Å². The van der Waals surface area contributed by atoms with Gasteiger partial charge in [0.05, 0.1) is 24.0 Å². The quantitative estimate of drug-likeness (QED) is 0.847. The minimum Gasteiger partial charge on any atom is -0.458 e. The fourth-order valence-electron chi connectivity index (χ4n) is 2.73. The van der Waals surface area contributed by atoms with Crippen molar-refractivity contribution in [1.82, 2.24) is 14.9 Å². The predicted octanol–water partition coefficient (Wildman–Crippen LogP) is 2.15. The van der Waals surface area contributed by atoms with Crippen LogP contribution in [0.15, 0.2) is 30.6 Å². The molecule has 1 saturated heterocycles. The van der Waals surface area contributed by atoms with Gasteiger partial charge in [0.2, 0.25) is 6.79 Å². The number of likely N-dealkylation sites (tertiary alicyclic amines) is 1. The summed E-state index contributed by atoms with van der Waals surface area (Å²) in [7, 11) is 0. The molecule has 0 aliphatic carbocycles. The van der Waals surface area contributed by atoms with E-state index in [1.165, 1.54) is 12.4 Å². The van der Waals surface area contributed by atoms with E-state index in [1.54, 1.807) is 23.1 Å². The molecule has 0 saturated carbocycles. The summed E-state index contributed by atoms with van der Waals surface area (Å²) in [6.45, 7) is 1.29. The highest BCUT2D eigenvalue weighted by molar-refractivity contribution is 6.30. The molecule has 2 aliphatic rings. The second kappa shape index (κ2) is 6.16. The molecule has 1 atom stereocenters. The molecule has 7 nitrogen and oxygen atoms in total. The van der Waals surface area contributed by atoms with Crippen molar-refractivity contribution in [2.45, 2.75) is 12.5 Å². The Balaban J connectivity index is 1.41. The van der Waals surface area contributed by atoms with Crippen molar-refractivity contribution in [1.29, 1.82) is 0 Å². The van der Waals surface area contributed by atoms with Gasteiger partial charge in [-0.3, -0.25) is 4.79 Å². The van der Waals surface area contributed by atoms with E-state index < -0.39 is 0 Å². The number of rotatable bonds is 3. The summed E-state index contributed by atoms with van der Waals surface area (Å²) in [6, 6.07) is 5.47. The maximum Gasteiger partial charge on any atom is 0.316 e. The molecular formula is C16H14ClN3O4. The van der Waals surface area contributed by atoms with Crippen molar-refractivity contribution < 1.29 is 19.0 Å². The van der Waals surface area contributed by atoms with Crippen molar-refractivity contribution in [2.75, 3.05) is 19.9 Å². The van der Waals surface area contributed by atoms with E-state index in [0.717, 1.165) is 6.42 Å². The van der Waals surface area contributed by atoms with Crippen LogP contribution in [0, 0.1) is 0 Å². The van der Waals surface area contributed by atoms with Crippen molar-refractivity contribution in [3.05, 3.63) is 41.2 Å². The van der Waals surface area contributed by atoms with Gasteiger partial charge in [-0.1, -0.05) is 11.6 Å². The van der Waals surface area contributed by atoms with E-state index in [2.05, 4.69) is 9.97 Å². The number of fused-ring (bicyclic) bond motifs is 1. The first-order chi connectivity index (χ1) is 11.7. The normalized spacial score (nSPS) is 18.7. The Kier molecular flexibility index (Phi) is 3.86. The first-order valence-electron chi connectivity index (χ1n) is 7.52. The Bertz CT molecular complexity index is 768. The van der Waals surface area contributed by atoms with Crippen LogP contribution in [0.2, 0.25) is 5.02 Å². The summed E-state index contributed by atoms with van der Waals surface area (Å²) in [5.74, 6) is 1.20. The molecule has 1 aromatic heterocycles. The minimum atomic E-state index is -0.135. The molecule has 0 bridgehead atoms. The summed E-state index contributed by atoms with van der Waals surface area (Å²) in [6.07, 6.45) is 3.55. The monoisotopic (exact) mass is 347 g/mol. The molecule has 1 unspecified atom stereocenters. The number of halogens is 1. The molecule has 3 heterocycles. The maximum atomic E-state index is 12.6. The topological polar surface area (TPSA) is 73.8 Å². The van der Waals surface area contributed by atoms with Crippen molar-refractivity contribution in [3.63, 3.8) is 0 Å². The van der Waals surface area contributed by atoms with Gasteiger partial charge in [0.15, 0.2) is 11.5 Å². The highest BCUT2D eigenvalue weighted by atomic mass is 35.5. The summed E-state index contributed by atoms with van der Waals surface area (Å²) in [5, 5.41) is 0.452. The molecule has 24 heavy (non-hydrogen) atoms. The van der Waals surface area contributed by atoms with Crippen LogP contribution in [0.1, 0.15) is 16.8 Å². The van der Waals surface area contributed by atoms with E-state index in [-0.39, 0.29) is 24.8 Å². The van der Waals surface area contributed by atoms with Crippen molar-refractivity contribution in [2.24, 2.45) is 0 Å². The minimum absolute atomic E-state index is 0.0589. The lowest BCUT2D eigenvalue weighted by atomic mass is 10.2. The molecule has 1 fully saturated rings. The van der Waals surface area contributed by atoms with Gasteiger partial charge in [0.25, 0.3) is 5.91 Å². The van der Waals surface area contributed by atoms with Gasteiger partial charge in [-0.15, -0.1) is 0 Å². The lowest BCUT2D eigenvalue weighted by Crippen LogP contribution is -2.31. The highest BCUT2D eigenvalue weighted by Gasteiger charge is 2.29. The van der Waals surface area contributed by atoms with Crippen LogP contribution in [0.4, 0.5) is 0 Å². The third kappa shape index (κ3) is 2.94. The second-order valence-electron chi connectivity index (χ2n) is 5.53. The van der Waals surface area contributed by atoms with E-state index in [0.29, 0.717) is 35.2 Å². The lowest BCUT2D eigenvalue weighted by Gasteiger charge is -2.17. The molecule has 0 radical (unpaired) electrons. The zero-order valence-corrected chi connectivity index (χ0v) is 13.4. The summed E-state index contributed by atoms with van der Waals surface area (Å²) >= 11 is 5.75. The fourth-order valence-corrected chi connectivity index (χ4v) is 2.83. The van der Waals surface area contributed by atoms with E-state index in [4.69, 9.17) is 25.8 Å². The van der Waals surface area contributed by atoms with Crippen LogP contribution >= 0.6 is 11.6 Å². The number of carbonyl (C=O) groups excluding carboxylic acids is 1. The predicted molar refractivity (Wildman–Crippen MR) is 84.5 cm³/mol. The van der Waals surface area contributed by atoms with Gasteiger partial charge in [-0.05, 0) is 18.2 Å². The van der Waals surface area contributed by atoms with E-state index in [9.17, 15) is 4.79 Å². The summed E-state index contributed by atoms with van der Waals surface area (Å²) in [4.78, 5) is 22.4. The van der Waals surface area contributed by atoms with Gasteiger partial charge < -0.3 is 19.1 Å². The number of hydrogen-bond donors (Lipinski definition) is 0. The summed E-state index contributed by atoms with van der Waals surface area (Å²) in [5.41, 5.74) is 0.572. The zero-order valence-electron chi connectivity index (χ0n) is 12.6. The Morgan fingerprint density at radius 1 is 1.25 bits per heavy atom. The molecule has 4 rings (SSSR count). The maximum absolute atomic E-state index is 12.6. The van der Waals surface area contributed by atoms with Crippen LogP contribution in [0.3, 0.4) is 0 Å². The Labute approximate surface area is 143 Å². The Morgan fingerprint density at radius 2 is 2.04 bits per heavy atom. The number of hydrogen-bond acceptors (Lipinski definition) is 6. The smallest absolute Gasteiger partial charge is 0.316 e. The van der Waals surface area contributed by atoms with Gasteiger partial charge in [-0.2, -0.15) is 0 Å². The average molecular weight is 348 g/mol. The van der Waals surface area contributed by atoms with Gasteiger partial charge in [0.1, 0.15) is 6.10 Å². The van der Waals surface area contributed by atoms with Gasteiger partial charge in [0, 0.05) is 18.5 Å². The highest BCUT2D eigenvalue weighted by Crippen LogP contribution is 2.33. The molecule has 1 aromatic carbocycles. The first kappa shape index (κ1) is 15.0. The summed E-state index contributed by atoms with van der Waals surface area (Å²) < 4.78 is 16.3. The SMILES string of the molecule is O=C(c1ccc2c(c1)OCO2)N1CCC(Oc2ncc(Cl)cn2)C1. The van der Waals surface area contributed by atoms with E-state index in [1.807, 2.05) is 0 Å². The molecule has 0 spiro atoms. The largest absolute Gasteiger partial charge is 0.458 e. The molecule has 2 aromatic rings. The third-order valence-corrected chi connectivity index (χ3v) is 4.12. The van der Waals surface area contributed by atoms with Gasteiger partial charge in [-0.25, -0.2) is 9.97 Å². The molecule has 124 valence electrons.